The van der Waals surface area contributed by atoms with Gasteiger partial charge in [0.25, 0.3) is 0 Å². The van der Waals surface area contributed by atoms with Crippen molar-refractivity contribution in [1.29, 1.82) is 0 Å². The van der Waals surface area contributed by atoms with Crippen LogP contribution in [0.3, 0.4) is 0 Å². The lowest BCUT2D eigenvalue weighted by atomic mass is 10.1. The third-order valence-corrected chi connectivity index (χ3v) is 2.70. The molecule has 0 aliphatic heterocycles. The van der Waals surface area contributed by atoms with Crippen molar-refractivity contribution in [2.45, 2.75) is 39.8 Å². The Labute approximate surface area is 98.7 Å². The summed E-state index contributed by atoms with van der Waals surface area (Å²) < 4.78 is 0. The number of aliphatic hydroxyl groups excluding tert-OH is 1. The summed E-state index contributed by atoms with van der Waals surface area (Å²) in [6.07, 6.45) is 0.629. The van der Waals surface area contributed by atoms with Crippen molar-refractivity contribution in [2.75, 3.05) is 6.54 Å². The van der Waals surface area contributed by atoms with Gasteiger partial charge in [-0.15, -0.1) is 0 Å². The lowest BCUT2D eigenvalue weighted by Gasteiger charge is -2.14. The zero-order chi connectivity index (χ0) is 12.0. The summed E-state index contributed by atoms with van der Waals surface area (Å²) >= 11 is 0. The third-order valence-electron chi connectivity index (χ3n) is 2.70. The summed E-state index contributed by atoms with van der Waals surface area (Å²) in [5.41, 5.74) is 2.60. The molecule has 0 bridgehead atoms. The standard InChI is InChI=1S/C14H23NO/c1-11(2)8-14(16)10-15-9-13-7-5-4-6-12(13)3/h4-7,11,14-16H,8-10H2,1-3H3. The Morgan fingerprint density at radius 3 is 2.56 bits per heavy atom. The van der Waals surface area contributed by atoms with E-state index in [9.17, 15) is 5.11 Å². The fraction of sp³-hybridized carbons (Fsp3) is 0.571. The Hall–Kier alpha value is -0.860. The predicted molar refractivity (Wildman–Crippen MR) is 68.3 cm³/mol. The number of aliphatic hydroxyl groups is 1. The van der Waals surface area contributed by atoms with Crippen LogP contribution in [0.25, 0.3) is 0 Å². The molecule has 0 fully saturated rings. The van der Waals surface area contributed by atoms with Crippen molar-refractivity contribution in [3.63, 3.8) is 0 Å². The number of aryl methyl sites for hydroxylation is 1. The smallest absolute Gasteiger partial charge is 0.0667 e. The molecule has 0 saturated carbocycles. The highest BCUT2D eigenvalue weighted by Crippen LogP contribution is 2.07. The van der Waals surface area contributed by atoms with E-state index in [1.807, 2.05) is 6.07 Å². The van der Waals surface area contributed by atoms with Gasteiger partial charge in [0.15, 0.2) is 0 Å². The summed E-state index contributed by atoms with van der Waals surface area (Å²) in [5, 5.41) is 13.0. The van der Waals surface area contributed by atoms with Gasteiger partial charge in [-0.25, -0.2) is 0 Å². The van der Waals surface area contributed by atoms with Crippen LogP contribution in [0.4, 0.5) is 0 Å². The molecule has 0 aliphatic carbocycles. The molecule has 0 amide bonds. The predicted octanol–water partition coefficient (Wildman–Crippen LogP) is 2.49. The highest BCUT2D eigenvalue weighted by atomic mass is 16.3. The monoisotopic (exact) mass is 221 g/mol. The minimum Gasteiger partial charge on any atom is -0.392 e. The van der Waals surface area contributed by atoms with E-state index in [4.69, 9.17) is 0 Å². The average molecular weight is 221 g/mol. The summed E-state index contributed by atoms with van der Waals surface area (Å²) in [6.45, 7) is 7.88. The van der Waals surface area contributed by atoms with Crippen LogP contribution in [0.1, 0.15) is 31.4 Å². The summed E-state index contributed by atoms with van der Waals surface area (Å²) in [7, 11) is 0. The highest BCUT2D eigenvalue weighted by Gasteiger charge is 2.06. The molecule has 0 radical (unpaired) electrons. The van der Waals surface area contributed by atoms with Crippen LogP contribution < -0.4 is 5.32 Å². The summed E-state index contributed by atoms with van der Waals surface area (Å²) in [4.78, 5) is 0. The molecule has 1 aromatic carbocycles. The SMILES string of the molecule is Cc1ccccc1CNCC(O)CC(C)C. The van der Waals surface area contributed by atoms with Gasteiger partial charge < -0.3 is 10.4 Å². The van der Waals surface area contributed by atoms with Crippen molar-refractivity contribution in [2.24, 2.45) is 5.92 Å². The molecule has 2 N–H and O–H groups in total. The van der Waals surface area contributed by atoms with Gasteiger partial charge >= 0.3 is 0 Å². The van der Waals surface area contributed by atoms with Gasteiger partial charge in [-0.2, -0.15) is 0 Å². The molecule has 90 valence electrons. The average Bonchev–Trinajstić information content (AvgIpc) is 2.19. The van der Waals surface area contributed by atoms with E-state index in [1.165, 1.54) is 11.1 Å². The van der Waals surface area contributed by atoms with Gasteiger partial charge in [0, 0.05) is 13.1 Å². The largest absolute Gasteiger partial charge is 0.392 e. The molecule has 0 aromatic heterocycles. The van der Waals surface area contributed by atoms with E-state index < -0.39 is 0 Å². The van der Waals surface area contributed by atoms with Crippen molar-refractivity contribution >= 4 is 0 Å². The first kappa shape index (κ1) is 13.2. The van der Waals surface area contributed by atoms with Crippen molar-refractivity contribution in [1.82, 2.24) is 5.32 Å². The van der Waals surface area contributed by atoms with Gasteiger partial charge in [-0.3, -0.25) is 0 Å². The molecule has 0 saturated heterocycles. The Morgan fingerprint density at radius 1 is 1.25 bits per heavy atom. The van der Waals surface area contributed by atoms with E-state index in [0.717, 1.165) is 13.0 Å². The molecule has 0 aliphatic rings. The van der Waals surface area contributed by atoms with Gasteiger partial charge in [0.2, 0.25) is 0 Å². The first-order valence-electron chi connectivity index (χ1n) is 6.03. The number of nitrogens with one attached hydrogen (secondary N) is 1. The van der Waals surface area contributed by atoms with Crippen LogP contribution in [0, 0.1) is 12.8 Å². The third kappa shape index (κ3) is 4.77. The second-order valence-electron chi connectivity index (χ2n) is 4.84. The van der Waals surface area contributed by atoms with Crippen LogP contribution in [0.2, 0.25) is 0 Å². The normalized spacial score (nSPS) is 13.1. The molecule has 0 spiro atoms. The van der Waals surface area contributed by atoms with Crippen LogP contribution in [-0.2, 0) is 6.54 Å². The van der Waals surface area contributed by atoms with E-state index in [-0.39, 0.29) is 6.10 Å². The topological polar surface area (TPSA) is 32.3 Å². The van der Waals surface area contributed by atoms with E-state index in [2.05, 4.69) is 44.3 Å². The molecule has 1 aromatic rings. The Balaban J connectivity index is 2.28. The maximum absolute atomic E-state index is 9.70. The summed E-state index contributed by atoms with van der Waals surface area (Å²) in [6, 6.07) is 8.33. The lowest BCUT2D eigenvalue weighted by Crippen LogP contribution is -2.27. The van der Waals surface area contributed by atoms with Gasteiger partial charge in [-0.1, -0.05) is 38.1 Å². The van der Waals surface area contributed by atoms with Crippen LogP contribution in [0.15, 0.2) is 24.3 Å². The molecule has 2 heteroatoms. The molecule has 16 heavy (non-hydrogen) atoms. The number of benzene rings is 1. The zero-order valence-electron chi connectivity index (χ0n) is 10.5. The molecule has 0 heterocycles. The second-order valence-corrected chi connectivity index (χ2v) is 4.84. The Kier molecular flexibility index (Phi) is 5.50. The first-order valence-corrected chi connectivity index (χ1v) is 6.03. The number of hydrogen-bond acceptors (Lipinski definition) is 2. The molecular formula is C14H23NO. The van der Waals surface area contributed by atoms with Crippen LogP contribution >= 0.6 is 0 Å². The van der Waals surface area contributed by atoms with Crippen molar-refractivity contribution in [3.8, 4) is 0 Å². The van der Waals surface area contributed by atoms with Crippen LogP contribution in [-0.4, -0.2) is 17.8 Å². The van der Waals surface area contributed by atoms with Crippen LogP contribution in [0.5, 0.6) is 0 Å². The minimum absolute atomic E-state index is 0.232. The van der Waals surface area contributed by atoms with Crippen molar-refractivity contribution < 1.29 is 5.11 Å². The van der Waals surface area contributed by atoms with Crippen molar-refractivity contribution in [3.05, 3.63) is 35.4 Å². The molecule has 1 atom stereocenters. The molecule has 1 rings (SSSR count). The molecule has 1 unspecified atom stereocenters. The maximum Gasteiger partial charge on any atom is 0.0667 e. The molecular weight excluding hydrogens is 198 g/mol. The maximum atomic E-state index is 9.70. The summed E-state index contributed by atoms with van der Waals surface area (Å²) in [5.74, 6) is 0.551. The quantitative estimate of drug-likeness (QED) is 0.773. The molecule has 2 nitrogen and oxygen atoms in total. The van der Waals surface area contributed by atoms with Gasteiger partial charge in [0.05, 0.1) is 6.10 Å². The highest BCUT2D eigenvalue weighted by molar-refractivity contribution is 5.25. The van der Waals surface area contributed by atoms with E-state index in [0.29, 0.717) is 12.5 Å². The van der Waals surface area contributed by atoms with E-state index >= 15 is 0 Å². The first-order chi connectivity index (χ1) is 7.59. The van der Waals surface area contributed by atoms with Gasteiger partial charge in [0.1, 0.15) is 0 Å². The van der Waals surface area contributed by atoms with Gasteiger partial charge in [-0.05, 0) is 30.4 Å². The lowest BCUT2D eigenvalue weighted by molar-refractivity contribution is 0.146. The fourth-order valence-electron chi connectivity index (χ4n) is 1.81. The second kappa shape index (κ2) is 6.66. The Morgan fingerprint density at radius 2 is 1.94 bits per heavy atom. The number of hydrogen-bond donors (Lipinski definition) is 2. The van der Waals surface area contributed by atoms with E-state index in [1.54, 1.807) is 0 Å². The number of rotatable bonds is 6. The fourth-order valence-corrected chi connectivity index (χ4v) is 1.81. The minimum atomic E-state index is -0.232. The zero-order valence-corrected chi connectivity index (χ0v) is 10.5. The Bertz CT molecular complexity index is 309.